The Morgan fingerprint density at radius 1 is 1.15 bits per heavy atom. The highest BCUT2D eigenvalue weighted by Gasteiger charge is 2.12. The van der Waals surface area contributed by atoms with Crippen LogP contribution in [0.25, 0.3) is 12.2 Å². The standard InChI is InChI=1S/C25H26N2O4S2/c1-5-31-24(29)14-23-27(15-22(28)26-20-11-6-16(2)12-17(20)3)25(30)21(33-23)13-18-7-9-19(32-4)10-8-18/h6-14H,5,15H2,1-4H3,(H,26,28)/b21-13+,23-14-. The van der Waals surface area contributed by atoms with E-state index < -0.39 is 5.97 Å². The molecule has 33 heavy (non-hydrogen) atoms. The van der Waals surface area contributed by atoms with Crippen molar-refractivity contribution in [1.82, 2.24) is 4.57 Å². The molecule has 0 aliphatic rings. The summed E-state index contributed by atoms with van der Waals surface area (Å²) in [4.78, 5) is 39.1. The molecule has 8 heteroatoms. The van der Waals surface area contributed by atoms with Crippen LogP contribution in [-0.2, 0) is 20.9 Å². The molecule has 1 amide bonds. The lowest BCUT2D eigenvalue weighted by Crippen LogP contribution is -2.36. The Balaban J connectivity index is 1.99. The third-order valence-electron chi connectivity index (χ3n) is 4.84. The second kappa shape index (κ2) is 11.2. The molecule has 0 aliphatic carbocycles. The Labute approximate surface area is 200 Å². The van der Waals surface area contributed by atoms with Crippen molar-refractivity contribution < 1.29 is 14.3 Å². The van der Waals surface area contributed by atoms with Gasteiger partial charge in [-0.2, -0.15) is 0 Å². The summed E-state index contributed by atoms with van der Waals surface area (Å²) in [5.74, 6) is -0.908. The predicted molar refractivity (Wildman–Crippen MR) is 135 cm³/mol. The van der Waals surface area contributed by atoms with Gasteiger partial charge in [-0.3, -0.25) is 14.2 Å². The van der Waals surface area contributed by atoms with Gasteiger partial charge in [0, 0.05) is 10.6 Å². The first-order chi connectivity index (χ1) is 15.8. The quantitative estimate of drug-likeness (QED) is 0.414. The molecule has 3 rings (SSSR count). The van der Waals surface area contributed by atoms with Gasteiger partial charge in [-0.25, -0.2) is 4.79 Å². The highest BCUT2D eigenvalue weighted by atomic mass is 32.2. The van der Waals surface area contributed by atoms with Crippen LogP contribution in [0.2, 0.25) is 0 Å². The molecule has 0 atom stereocenters. The maximum Gasteiger partial charge on any atom is 0.333 e. The Bertz CT molecular complexity index is 1340. The summed E-state index contributed by atoms with van der Waals surface area (Å²) in [6.07, 6.45) is 5.02. The van der Waals surface area contributed by atoms with Crippen molar-refractivity contribution >= 4 is 52.8 Å². The summed E-state index contributed by atoms with van der Waals surface area (Å²) in [7, 11) is 0. The molecule has 0 saturated heterocycles. The predicted octanol–water partition coefficient (Wildman–Crippen LogP) is 3.06. The zero-order valence-corrected chi connectivity index (χ0v) is 20.6. The SMILES string of the molecule is CCOC(=O)/C=c1\s/c(=C/c2ccc(SC)cc2)c(=O)n1CC(=O)Nc1ccc(C)cc1C. The van der Waals surface area contributed by atoms with Crippen LogP contribution in [0.15, 0.2) is 52.2 Å². The Kier molecular flexibility index (Phi) is 8.30. The van der Waals surface area contributed by atoms with E-state index in [0.717, 1.165) is 32.9 Å². The zero-order chi connectivity index (χ0) is 24.0. The Hall–Kier alpha value is -3.10. The molecule has 0 spiro atoms. The van der Waals surface area contributed by atoms with Crippen LogP contribution in [-0.4, -0.2) is 29.3 Å². The van der Waals surface area contributed by atoms with Gasteiger partial charge < -0.3 is 10.1 Å². The van der Waals surface area contributed by atoms with Crippen LogP contribution < -0.4 is 20.1 Å². The van der Waals surface area contributed by atoms with E-state index in [9.17, 15) is 14.4 Å². The number of hydrogen-bond acceptors (Lipinski definition) is 6. The Morgan fingerprint density at radius 3 is 2.52 bits per heavy atom. The largest absolute Gasteiger partial charge is 0.463 e. The average molecular weight is 483 g/mol. The molecule has 6 nitrogen and oxygen atoms in total. The molecular weight excluding hydrogens is 456 g/mol. The lowest BCUT2D eigenvalue weighted by atomic mass is 10.1. The van der Waals surface area contributed by atoms with Gasteiger partial charge >= 0.3 is 5.97 Å². The Morgan fingerprint density at radius 2 is 1.88 bits per heavy atom. The van der Waals surface area contributed by atoms with Crippen LogP contribution >= 0.6 is 23.1 Å². The van der Waals surface area contributed by atoms with Gasteiger partial charge in [-0.15, -0.1) is 23.1 Å². The number of thiazole rings is 1. The van der Waals surface area contributed by atoms with E-state index in [0.29, 0.717) is 14.9 Å². The molecule has 1 aromatic heterocycles. The summed E-state index contributed by atoms with van der Waals surface area (Å²) in [6.45, 7) is 5.61. The second-order valence-electron chi connectivity index (χ2n) is 7.38. The van der Waals surface area contributed by atoms with E-state index in [-0.39, 0.29) is 24.6 Å². The summed E-state index contributed by atoms with van der Waals surface area (Å²) in [6, 6.07) is 13.5. The monoisotopic (exact) mass is 482 g/mol. The molecule has 0 aliphatic heterocycles. The van der Waals surface area contributed by atoms with E-state index in [2.05, 4.69) is 5.32 Å². The number of rotatable bonds is 7. The summed E-state index contributed by atoms with van der Waals surface area (Å²) < 4.78 is 7.11. The lowest BCUT2D eigenvalue weighted by Gasteiger charge is -2.09. The van der Waals surface area contributed by atoms with Gasteiger partial charge in [-0.05, 0) is 62.4 Å². The van der Waals surface area contributed by atoms with Crippen molar-refractivity contribution in [3.8, 4) is 0 Å². The average Bonchev–Trinajstić information content (AvgIpc) is 3.05. The molecular formula is C25H26N2O4S2. The molecule has 0 bridgehead atoms. The highest BCUT2D eigenvalue weighted by Crippen LogP contribution is 2.16. The number of aryl methyl sites for hydroxylation is 2. The minimum Gasteiger partial charge on any atom is -0.463 e. The van der Waals surface area contributed by atoms with Crippen molar-refractivity contribution in [2.75, 3.05) is 18.2 Å². The molecule has 0 unspecified atom stereocenters. The van der Waals surface area contributed by atoms with Gasteiger partial charge in [0.05, 0.1) is 17.2 Å². The molecule has 0 fully saturated rings. The fraction of sp³-hybridized carbons (Fsp3) is 0.240. The van der Waals surface area contributed by atoms with Crippen molar-refractivity contribution in [2.24, 2.45) is 0 Å². The van der Waals surface area contributed by atoms with Gasteiger partial charge in [0.15, 0.2) is 0 Å². The van der Waals surface area contributed by atoms with E-state index in [1.54, 1.807) is 24.8 Å². The molecule has 172 valence electrons. The van der Waals surface area contributed by atoms with Crippen LogP contribution in [0.1, 0.15) is 23.6 Å². The zero-order valence-electron chi connectivity index (χ0n) is 19.0. The third kappa shape index (κ3) is 6.46. The number of thioether (sulfide) groups is 1. The second-order valence-corrected chi connectivity index (χ2v) is 9.32. The number of carbonyl (C=O) groups excluding carboxylic acids is 2. The van der Waals surface area contributed by atoms with Gasteiger partial charge in [-0.1, -0.05) is 29.8 Å². The minimum atomic E-state index is -0.557. The first-order valence-corrected chi connectivity index (χ1v) is 12.5. The van der Waals surface area contributed by atoms with E-state index in [4.69, 9.17) is 4.74 Å². The van der Waals surface area contributed by atoms with Crippen LogP contribution in [0, 0.1) is 13.8 Å². The van der Waals surface area contributed by atoms with E-state index in [1.807, 2.05) is 62.6 Å². The van der Waals surface area contributed by atoms with Gasteiger partial charge in [0.1, 0.15) is 11.2 Å². The summed E-state index contributed by atoms with van der Waals surface area (Å²) in [5, 5.41) is 2.85. The molecule has 2 aromatic carbocycles. The number of nitrogens with one attached hydrogen (secondary N) is 1. The number of hydrogen-bond donors (Lipinski definition) is 1. The maximum absolute atomic E-state index is 13.1. The van der Waals surface area contributed by atoms with Crippen LogP contribution in [0.5, 0.6) is 0 Å². The molecule has 0 saturated carbocycles. The minimum absolute atomic E-state index is 0.215. The molecule has 1 heterocycles. The number of nitrogens with zero attached hydrogens (tertiary/aromatic N) is 1. The number of carbonyl (C=O) groups is 2. The van der Waals surface area contributed by atoms with Crippen molar-refractivity contribution in [3.05, 3.63) is 78.7 Å². The number of anilines is 1. The maximum atomic E-state index is 13.1. The lowest BCUT2D eigenvalue weighted by molar-refractivity contribution is -0.135. The number of benzene rings is 2. The van der Waals surface area contributed by atoms with Crippen molar-refractivity contribution in [2.45, 2.75) is 32.2 Å². The summed E-state index contributed by atoms with van der Waals surface area (Å²) >= 11 is 2.79. The fourth-order valence-corrected chi connectivity index (χ4v) is 4.66. The van der Waals surface area contributed by atoms with Crippen molar-refractivity contribution in [1.29, 1.82) is 0 Å². The summed E-state index contributed by atoms with van der Waals surface area (Å²) in [5.41, 5.74) is 3.24. The third-order valence-corrected chi connectivity index (χ3v) is 6.64. The first-order valence-electron chi connectivity index (χ1n) is 10.4. The van der Waals surface area contributed by atoms with Gasteiger partial charge in [0.2, 0.25) is 5.91 Å². The topological polar surface area (TPSA) is 77.4 Å². The smallest absolute Gasteiger partial charge is 0.333 e. The van der Waals surface area contributed by atoms with Gasteiger partial charge in [0.25, 0.3) is 5.56 Å². The van der Waals surface area contributed by atoms with E-state index >= 15 is 0 Å². The molecule has 1 N–H and O–H groups in total. The highest BCUT2D eigenvalue weighted by molar-refractivity contribution is 7.98. The molecule has 3 aromatic rings. The molecule has 0 radical (unpaired) electrons. The number of amides is 1. The first kappa shape index (κ1) is 24.5. The number of aromatic nitrogens is 1. The number of esters is 1. The normalized spacial score (nSPS) is 12.1. The van der Waals surface area contributed by atoms with Crippen LogP contribution in [0.3, 0.4) is 0 Å². The van der Waals surface area contributed by atoms with Crippen molar-refractivity contribution in [3.63, 3.8) is 0 Å². The number of ether oxygens (including phenoxy) is 1. The van der Waals surface area contributed by atoms with Crippen LogP contribution in [0.4, 0.5) is 5.69 Å². The fourth-order valence-electron chi connectivity index (χ4n) is 3.22. The van der Waals surface area contributed by atoms with E-state index in [1.165, 1.54) is 10.6 Å².